The molecule has 0 fully saturated rings. The Morgan fingerprint density at radius 3 is 2.81 bits per heavy atom. The highest BCUT2D eigenvalue weighted by molar-refractivity contribution is 6.18. The quantitative estimate of drug-likeness (QED) is 0.577. The standard InChI is InChI=1S/C10H15ClN2O3/c1-3-16-9(14)8-6(2)12-10(15)13-7(8)4-5-11/h7H,3-5H2,1-2H3,(H2,12,13,15). The number of nitrogens with one attached hydrogen (secondary N) is 2. The van der Waals surface area contributed by atoms with E-state index in [2.05, 4.69) is 10.6 Å². The lowest BCUT2D eigenvalue weighted by Crippen LogP contribution is -2.50. The molecule has 0 aromatic carbocycles. The second-order valence-corrected chi connectivity index (χ2v) is 3.77. The Morgan fingerprint density at radius 1 is 1.56 bits per heavy atom. The van der Waals surface area contributed by atoms with Gasteiger partial charge >= 0.3 is 12.0 Å². The first-order valence-electron chi connectivity index (χ1n) is 5.11. The number of hydrogen-bond acceptors (Lipinski definition) is 3. The fraction of sp³-hybridized carbons (Fsp3) is 0.600. The van der Waals surface area contributed by atoms with Gasteiger partial charge in [0.2, 0.25) is 0 Å². The molecule has 1 unspecified atom stereocenters. The molecule has 2 amide bonds. The average molecular weight is 247 g/mol. The van der Waals surface area contributed by atoms with Crippen LogP contribution < -0.4 is 10.6 Å². The summed E-state index contributed by atoms with van der Waals surface area (Å²) in [7, 11) is 0. The summed E-state index contributed by atoms with van der Waals surface area (Å²) in [6.07, 6.45) is 0.500. The van der Waals surface area contributed by atoms with Crippen molar-refractivity contribution in [1.29, 1.82) is 0 Å². The van der Waals surface area contributed by atoms with E-state index in [-0.39, 0.29) is 12.1 Å². The summed E-state index contributed by atoms with van der Waals surface area (Å²) in [5.74, 6) is -0.0520. The second-order valence-electron chi connectivity index (χ2n) is 3.39. The monoisotopic (exact) mass is 246 g/mol. The van der Waals surface area contributed by atoms with E-state index in [0.29, 0.717) is 30.2 Å². The zero-order valence-electron chi connectivity index (χ0n) is 9.30. The molecule has 0 saturated heterocycles. The smallest absolute Gasteiger partial charge is 0.337 e. The maximum Gasteiger partial charge on any atom is 0.337 e. The van der Waals surface area contributed by atoms with Gasteiger partial charge in [-0.15, -0.1) is 11.6 Å². The molecule has 1 aliphatic heterocycles. The van der Waals surface area contributed by atoms with Crippen LogP contribution in [-0.4, -0.2) is 30.5 Å². The van der Waals surface area contributed by atoms with Crippen LogP contribution >= 0.6 is 11.6 Å². The summed E-state index contributed by atoms with van der Waals surface area (Å²) in [6.45, 7) is 3.71. The Kier molecular flexibility index (Phi) is 4.61. The van der Waals surface area contributed by atoms with Gasteiger partial charge in [-0.2, -0.15) is 0 Å². The molecule has 0 radical (unpaired) electrons. The van der Waals surface area contributed by atoms with Crippen LogP contribution in [-0.2, 0) is 9.53 Å². The van der Waals surface area contributed by atoms with E-state index in [1.807, 2.05) is 0 Å². The minimum atomic E-state index is -0.414. The van der Waals surface area contributed by atoms with Crippen molar-refractivity contribution in [2.24, 2.45) is 0 Å². The molecule has 1 atom stereocenters. The van der Waals surface area contributed by atoms with Crippen LogP contribution in [0.25, 0.3) is 0 Å². The van der Waals surface area contributed by atoms with E-state index in [0.717, 1.165) is 0 Å². The summed E-state index contributed by atoms with van der Waals surface area (Å²) in [5.41, 5.74) is 0.972. The predicted molar refractivity (Wildman–Crippen MR) is 60.1 cm³/mol. The molecule has 0 saturated carbocycles. The number of rotatable bonds is 4. The van der Waals surface area contributed by atoms with E-state index in [1.54, 1.807) is 13.8 Å². The molecule has 0 aromatic rings. The van der Waals surface area contributed by atoms with Crippen LogP contribution in [0.5, 0.6) is 0 Å². The number of alkyl halides is 1. The number of halogens is 1. The van der Waals surface area contributed by atoms with Gasteiger partial charge in [0.25, 0.3) is 0 Å². The lowest BCUT2D eigenvalue weighted by Gasteiger charge is -2.27. The highest BCUT2D eigenvalue weighted by atomic mass is 35.5. The molecular weight excluding hydrogens is 232 g/mol. The van der Waals surface area contributed by atoms with Crippen LogP contribution in [0.4, 0.5) is 4.79 Å². The molecule has 16 heavy (non-hydrogen) atoms. The minimum Gasteiger partial charge on any atom is -0.463 e. The molecule has 1 heterocycles. The van der Waals surface area contributed by atoms with E-state index in [9.17, 15) is 9.59 Å². The highest BCUT2D eigenvalue weighted by Gasteiger charge is 2.30. The summed E-state index contributed by atoms with van der Waals surface area (Å²) in [4.78, 5) is 22.9. The number of allylic oxidation sites excluding steroid dienone is 1. The Labute approximate surface area is 99.2 Å². The zero-order valence-corrected chi connectivity index (χ0v) is 10.1. The second kappa shape index (κ2) is 5.75. The Morgan fingerprint density at radius 2 is 2.25 bits per heavy atom. The molecule has 1 rings (SSSR count). The molecule has 0 aliphatic carbocycles. The third-order valence-electron chi connectivity index (χ3n) is 2.25. The summed E-state index contributed by atoms with van der Waals surface area (Å²) >= 11 is 5.63. The first-order valence-corrected chi connectivity index (χ1v) is 5.65. The summed E-state index contributed by atoms with van der Waals surface area (Å²) < 4.78 is 4.93. The molecule has 6 heteroatoms. The molecule has 2 N–H and O–H groups in total. The fourth-order valence-electron chi connectivity index (χ4n) is 1.60. The lowest BCUT2D eigenvalue weighted by molar-refractivity contribution is -0.139. The average Bonchev–Trinajstić information content (AvgIpc) is 2.17. The Balaban J connectivity index is 2.92. The maximum absolute atomic E-state index is 11.7. The van der Waals surface area contributed by atoms with E-state index in [1.165, 1.54) is 0 Å². The first-order chi connectivity index (χ1) is 7.60. The third kappa shape index (κ3) is 2.88. The van der Waals surface area contributed by atoms with Crippen molar-refractivity contribution in [3.05, 3.63) is 11.3 Å². The van der Waals surface area contributed by atoms with Crippen LogP contribution in [0.3, 0.4) is 0 Å². The van der Waals surface area contributed by atoms with E-state index < -0.39 is 5.97 Å². The van der Waals surface area contributed by atoms with Gasteiger partial charge in [0.1, 0.15) is 0 Å². The van der Waals surface area contributed by atoms with Gasteiger partial charge in [-0.05, 0) is 20.3 Å². The van der Waals surface area contributed by atoms with Gasteiger partial charge in [0.05, 0.1) is 18.2 Å². The number of ether oxygens (including phenoxy) is 1. The van der Waals surface area contributed by atoms with Crippen molar-refractivity contribution >= 4 is 23.6 Å². The van der Waals surface area contributed by atoms with Crippen molar-refractivity contribution < 1.29 is 14.3 Å². The van der Waals surface area contributed by atoms with Crippen LogP contribution in [0.2, 0.25) is 0 Å². The Bertz CT molecular complexity index is 328. The third-order valence-corrected chi connectivity index (χ3v) is 2.47. The van der Waals surface area contributed by atoms with E-state index >= 15 is 0 Å². The molecular formula is C10H15ClN2O3. The van der Waals surface area contributed by atoms with Crippen molar-refractivity contribution in [2.75, 3.05) is 12.5 Å². The summed E-state index contributed by atoms with van der Waals surface area (Å²) in [6, 6.07) is -0.689. The van der Waals surface area contributed by atoms with Gasteiger partial charge in [-0.1, -0.05) is 0 Å². The van der Waals surface area contributed by atoms with Crippen molar-refractivity contribution in [2.45, 2.75) is 26.3 Å². The normalized spacial score (nSPS) is 20.2. The number of hydrogen-bond donors (Lipinski definition) is 2. The number of urea groups is 1. The molecule has 90 valence electrons. The fourth-order valence-corrected chi connectivity index (χ4v) is 1.81. The van der Waals surface area contributed by atoms with Gasteiger partial charge in [-0.3, -0.25) is 0 Å². The number of carbonyl (C=O) groups excluding carboxylic acids is 2. The van der Waals surface area contributed by atoms with Crippen LogP contribution in [0.1, 0.15) is 20.3 Å². The van der Waals surface area contributed by atoms with Crippen molar-refractivity contribution in [3.63, 3.8) is 0 Å². The molecule has 0 aromatic heterocycles. The van der Waals surface area contributed by atoms with Crippen LogP contribution in [0, 0.1) is 0 Å². The molecule has 0 spiro atoms. The highest BCUT2D eigenvalue weighted by Crippen LogP contribution is 2.16. The SMILES string of the molecule is CCOC(=O)C1=C(C)NC(=O)NC1CCCl. The summed E-state index contributed by atoms with van der Waals surface area (Å²) in [5, 5.41) is 5.19. The largest absolute Gasteiger partial charge is 0.463 e. The number of amides is 2. The van der Waals surface area contributed by atoms with Crippen LogP contribution in [0.15, 0.2) is 11.3 Å². The number of esters is 1. The number of carbonyl (C=O) groups is 2. The molecule has 1 aliphatic rings. The van der Waals surface area contributed by atoms with E-state index in [4.69, 9.17) is 16.3 Å². The first kappa shape index (κ1) is 12.8. The van der Waals surface area contributed by atoms with Gasteiger partial charge in [0.15, 0.2) is 0 Å². The molecule has 5 nitrogen and oxygen atoms in total. The van der Waals surface area contributed by atoms with Crippen molar-refractivity contribution in [1.82, 2.24) is 10.6 Å². The van der Waals surface area contributed by atoms with Gasteiger partial charge < -0.3 is 15.4 Å². The van der Waals surface area contributed by atoms with Gasteiger partial charge in [-0.25, -0.2) is 9.59 Å². The zero-order chi connectivity index (χ0) is 12.1. The minimum absolute atomic E-state index is 0.303. The maximum atomic E-state index is 11.7. The topological polar surface area (TPSA) is 67.4 Å². The Hall–Kier alpha value is -1.23. The van der Waals surface area contributed by atoms with Gasteiger partial charge in [0, 0.05) is 11.6 Å². The predicted octanol–water partition coefficient (Wildman–Crippen LogP) is 1.13. The van der Waals surface area contributed by atoms with Crippen molar-refractivity contribution in [3.8, 4) is 0 Å². The molecule has 0 bridgehead atoms. The lowest BCUT2D eigenvalue weighted by atomic mass is 10.0.